The number of rotatable bonds is 3. The smallest absolute Gasteiger partial charge is 0.336 e. The third kappa shape index (κ3) is 3.26. The Labute approximate surface area is 145 Å². The minimum atomic E-state index is -0.424. The van der Waals surface area contributed by atoms with Crippen molar-refractivity contribution in [3.8, 4) is 5.75 Å². The molecule has 128 valence electrons. The van der Waals surface area contributed by atoms with Gasteiger partial charge in [0.25, 0.3) is 0 Å². The number of fused-ring (bicyclic) bond motifs is 1. The number of hydrogen-bond donors (Lipinski definition) is 2. The van der Waals surface area contributed by atoms with Gasteiger partial charge < -0.3 is 9.52 Å². The maximum Gasteiger partial charge on any atom is 0.336 e. The molecule has 0 amide bonds. The summed E-state index contributed by atoms with van der Waals surface area (Å²) in [5, 5.41) is 15.7. The first-order chi connectivity index (χ1) is 11.9. The first-order valence-electron chi connectivity index (χ1n) is 8.01. The number of hydrogen-bond acceptors (Lipinski definition) is 5. The summed E-state index contributed by atoms with van der Waals surface area (Å²) in [6.45, 7) is 7.40. The number of phenolic OH excluding ortho intramolecular Hbond substituents is 1. The predicted octanol–water partition coefficient (Wildman–Crippen LogP) is 4.26. The Morgan fingerprint density at radius 2 is 1.92 bits per heavy atom. The van der Waals surface area contributed by atoms with Crippen molar-refractivity contribution >= 4 is 22.4 Å². The van der Waals surface area contributed by atoms with E-state index < -0.39 is 5.63 Å². The highest BCUT2D eigenvalue weighted by atomic mass is 16.4. The van der Waals surface area contributed by atoms with E-state index in [9.17, 15) is 9.90 Å². The van der Waals surface area contributed by atoms with Gasteiger partial charge in [-0.15, -0.1) is 0 Å². The first kappa shape index (κ1) is 16.8. The van der Waals surface area contributed by atoms with Gasteiger partial charge in [0.05, 0.1) is 11.4 Å². The van der Waals surface area contributed by atoms with Crippen molar-refractivity contribution in [2.75, 3.05) is 5.43 Å². The summed E-state index contributed by atoms with van der Waals surface area (Å²) in [7, 11) is 0. The molecule has 0 atom stereocenters. The van der Waals surface area contributed by atoms with Crippen LogP contribution in [0.3, 0.4) is 0 Å². The zero-order chi connectivity index (χ0) is 18.1. The van der Waals surface area contributed by atoms with E-state index in [0.29, 0.717) is 22.4 Å². The number of nitrogens with zero attached hydrogens (tertiary/aromatic N) is 1. The van der Waals surface area contributed by atoms with Gasteiger partial charge in [0.2, 0.25) is 0 Å². The zero-order valence-electron chi connectivity index (χ0n) is 14.7. The van der Waals surface area contributed by atoms with Crippen LogP contribution in [0.4, 0.5) is 5.69 Å². The lowest BCUT2D eigenvalue weighted by atomic mass is 10.00. The van der Waals surface area contributed by atoms with Gasteiger partial charge in [-0.25, -0.2) is 4.79 Å². The maximum absolute atomic E-state index is 11.6. The first-order valence-corrected chi connectivity index (χ1v) is 8.01. The molecule has 0 aliphatic heterocycles. The Morgan fingerprint density at radius 1 is 1.16 bits per heavy atom. The minimum Gasteiger partial charge on any atom is -0.507 e. The minimum absolute atomic E-state index is 0.0635. The number of aryl methyl sites for hydroxylation is 3. The second kappa shape index (κ2) is 6.43. The van der Waals surface area contributed by atoms with Crippen molar-refractivity contribution < 1.29 is 9.52 Å². The third-order valence-electron chi connectivity index (χ3n) is 4.21. The summed E-state index contributed by atoms with van der Waals surface area (Å²) in [4.78, 5) is 11.6. The largest absolute Gasteiger partial charge is 0.507 e. The molecule has 0 aliphatic rings. The molecule has 1 aromatic heterocycles. The molecule has 0 aliphatic carbocycles. The lowest BCUT2D eigenvalue weighted by Crippen LogP contribution is -2.04. The monoisotopic (exact) mass is 336 g/mol. The molecular weight excluding hydrogens is 316 g/mol. The summed E-state index contributed by atoms with van der Waals surface area (Å²) in [6, 6.07) is 11.1. The highest BCUT2D eigenvalue weighted by Gasteiger charge is 2.15. The van der Waals surface area contributed by atoms with E-state index in [0.717, 1.165) is 22.2 Å². The van der Waals surface area contributed by atoms with E-state index in [1.54, 1.807) is 13.0 Å². The van der Waals surface area contributed by atoms with Crippen LogP contribution in [-0.2, 0) is 0 Å². The van der Waals surface area contributed by atoms with E-state index in [1.165, 1.54) is 6.07 Å². The Hall–Kier alpha value is -3.08. The third-order valence-corrected chi connectivity index (χ3v) is 4.21. The van der Waals surface area contributed by atoms with Crippen LogP contribution in [0.1, 0.15) is 29.2 Å². The molecule has 3 aromatic rings. The molecule has 5 heteroatoms. The average molecular weight is 336 g/mol. The number of nitrogens with one attached hydrogen (secondary N) is 1. The zero-order valence-corrected chi connectivity index (χ0v) is 14.7. The molecule has 2 N–H and O–H groups in total. The fourth-order valence-corrected chi connectivity index (χ4v) is 2.80. The van der Waals surface area contributed by atoms with Gasteiger partial charge in [-0.3, -0.25) is 5.43 Å². The molecule has 3 rings (SSSR count). The fourth-order valence-electron chi connectivity index (χ4n) is 2.80. The molecule has 1 heterocycles. The van der Waals surface area contributed by atoms with Crippen LogP contribution < -0.4 is 11.1 Å². The van der Waals surface area contributed by atoms with E-state index in [1.807, 2.05) is 45.0 Å². The standard InChI is InChI=1S/C20H20N2O3/c1-11-6-5-7-15(8-11)22-21-14(4)17-10-16-12(2)9-18(23)25-20(16)13(3)19(17)24/h5-10,22,24H,1-4H3/b21-14+. The van der Waals surface area contributed by atoms with Crippen LogP contribution in [0.2, 0.25) is 0 Å². The van der Waals surface area contributed by atoms with Crippen LogP contribution >= 0.6 is 0 Å². The summed E-state index contributed by atoms with van der Waals surface area (Å²) >= 11 is 0. The molecule has 0 fully saturated rings. The average Bonchev–Trinajstić information content (AvgIpc) is 2.56. The second-order valence-corrected chi connectivity index (χ2v) is 6.20. The quantitative estimate of drug-likeness (QED) is 0.426. The van der Waals surface area contributed by atoms with Gasteiger partial charge >= 0.3 is 5.63 Å². The molecule has 5 nitrogen and oxygen atoms in total. The van der Waals surface area contributed by atoms with E-state index in [2.05, 4.69) is 10.5 Å². The van der Waals surface area contributed by atoms with Crippen LogP contribution in [0.15, 0.2) is 50.7 Å². The predicted molar refractivity (Wildman–Crippen MR) is 101 cm³/mol. The summed E-state index contributed by atoms with van der Waals surface area (Å²) in [6.07, 6.45) is 0. The van der Waals surface area contributed by atoms with Gasteiger partial charge in [0.15, 0.2) is 0 Å². The normalized spacial score (nSPS) is 11.8. The molecule has 0 bridgehead atoms. The maximum atomic E-state index is 11.6. The van der Waals surface area contributed by atoms with E-state index in [4.69, 9.17) is 4.42 Å². The number of anilines is 1. The summed E-state index contributed by atoms with van der Waals surface area (Å²) in [5.74, 6) is 0.0635. The summed E-state index contributed by atoms with van der Waals surface area (Å²) < 4.78 is 5.26. The van der Waals surface area contributed by atoms with Gasteiger partial charge in [-0.05, 0) is 57.0 Å². The molecule has 25 heavy (non-hydrogen) atoms. The molecule has 0 saturated carbocycles. The van der Waals surface area contributed by atoms with Crippen molar-refractivity contribution in [3.05, 3.63) is 69.1 Å². The van der Waals surface area contributed by atoms with Crippen molar-refractivity contribution in [2.45, 2.75) is 27.7 Å². The molecule has 0 spiro atoms. The Bertz CT molecular complexity index is 1050. The molecule has 0 radical (unpaired) electrons. The summed E-state index contributed by atoms with van der Waals surface area (Å²) in [5.41, 5.74) is 7.56. The van der Waals surface area contributed by atoms with Crippen LogP contribution in [0.25, 0.3) is 11.0 Å². The van der Waals surface area contributed by atoms with Gasteiger partial charge in [-0.1, -0.05) is 12.1 Å². The molecule has 0 unspecified atom stereocenters. The SMILES string of the molecule is C/C(=N\Nc1cccc(C)c1)c1cc2c(C)cc(=O)oc2c(C)c1O. The number of aromatic hydroxyl groups is 1. The molecule has 0 saturated heterocycles. The van der Waals surface area contributed by atoms with Crippen molar-refractivity contribution in [3.63, 3.8) is 0 Å². The highest BCUT2D eigenvalue weighted by Crippen LogP contribution is 2.32. The van der Waals surface area contributed by atoms with E-state index in [-0.39, 0.29) is 5.75 Å². The van der Waals surface area contributed by atoms with Gasteiger partial charge in [0, 0.05) is 22.6 Å². The second-order valence-electron chi connectivity index (χ2n) is 6.20. The van der Waals surface area contributed by atoms with Gasteiger partial charge in [-0.2, -0.15) is 5.10 Å². The number of phenols is 1. The topological polar surface area (TPSA) is 74.8 Å². The Kier molecular flexibility index (Phi) is 4.31. The fraction of sp³-hybridized carbons (Fsp3) is 0.200. The molecular formula is C20H20N2O3. The lowest BCUT2D eigenvalue weighted by molar-refractivity contribution is 0.467. The van der Waals surface area contributed by atoms with E-state index >= 15 is 0 Å². The Morgan fingerprint density at radius 3 is 2.64 bits per heavy atom. The van der Waals surface area contributed by atoms with Gasteiger partial charge in [0.1, 0.15) is 11.3 Å². The lowest BCUT2D eigenvalue weighted by Gasteiger charge is -2.11. The molecule has 2 aromatic carbocycles. The van der Waals surface area contributed by atoms with Crippen LogP contribution in [0, 0.1) is 20.8 Å². The highest BCUT2D eigenvalue weighted by molar-refractivity contribution is 6.05. The van der Waals surface area contributed by atoms with Crippen LogP contribution in [-0.4, -0.2) is 10.8 Å². The number of hydrazone groups is 1. The number of benzene rings is 2. The Balaban J connectivity index is 2.07. The van der Waals surface area contributed by atoms with Crippen molar-refractivity contribution in [1.29, 1.82) is 0 Å². The van der Waals surface area contributed by atoms with Crippen molar-refractivity contribution in [2.24, 2.45) is 5.10 Å². The van der Waals surface area contributed by atoms with Crippen molar-refractivity contribution in [1.82, 2.24) is 0 Å². The van der Waals surface area contributed by atoms with Crippen LogP contribution in [0.5, 0.6) is 5.75 Å².